The minimum Gasteiger partial charge on any atom is -0.493 e. The number of sulfonamides is 1. The Bertz CT molecular complexity index is 1020. The van der Waals surface area contributed by atoms with Crippen LogP contribution in [-0.2, 0) is 24.7 Å². The first-order valence-corrected chi connectivity index (χ1v) is 13.0. The summed E-state index contributed by atoms with van der Waals surface area (Å²) < 4.78 is 61.2. The number of nitrogens with zero attached hydrogens (tertiary/aromatic N) is 1. The van der Waals surface area contributed by atoms with E-state index in [2.05, 4.69) is 5.32 Å². The highest BCUT2D eigenvalue weighted by atomic mass is 32.2. The smallest absolute Gasteiger partial charge is 0.243 e. The number of hydrogen-bond acceptors (Lipinski definition) is 7. The maximum Gasteiger partial charge on any atom is 0.243 e. The Labute approximate surface area is 177 Å². The Balaban J connectivity index is 1.64. The largest absolute Gasteiger partial charge is 0.493 e. The first-order chi connectivity index (χ1) is 14.0. The van der Waals surface area contributed by atoms with E-state index in [0.29, 0.717) is 30.8 Å². The number of benzene rings is 1. The van der Waals surface area contributed by atoms with E-state index >= 15 is 0 Å². The highest BCUT2D eigenvalue weighted by Crippen LogP contribution is 2.32. The molecule has 30 heavy (non-hydrogen) atoms. The van der Waals surface area contributed by atoms with Gasteiger partial charge in [-0.3, -0.25) is 4.79 Å². The van der Waals surface area contributed by atoms with Crippen LogP contribution in [0.5, 0.6) is 11.5 Å². The summed E-state index contributed by atoms with van der Waals surface area (Å²) in [6.45, 7) is 2.17. The fraction of sp³-hybridized carbons (Fsp3) is 0.632. The minimum atomic E-state index is -3.73. The van der Waals surface area contributed by atoms with Crippen LogP contribution in [0.25, 0.3) is 0 Å². The van der Waals surface area contributed by atoms with Crippen molar-refractivity contribution in [3.05, 3.63) is 18.2 Å². The average Bonchev–Trinajstić information content (AvgIpc) is 2.99. The summed E-state index contributed by atoms with van der Waals surface area (Å²) in [6, 6.07) is 4.44. The van der Waals surface area contributed by atoms with Crippen LogP contribution in [0.2, 0.25) is 0 Å². The lowest BCUT2D eigenvalue weighted by Crippen LogP contribution is -2.51. The molecule has 0 spiro atoms. The molecule has 2 aliphatic heterocycles. The van der Waals surface area contributed by atoms with Crippen LogP contribution in [-0.4, -0.2) is 71.4 Å². The van der Waals surface area contributed by atoms with Gasteiger partial charge in [0.05, 0.1) is 36.2 Å². The number of sulfone groups is 1. The van der Waals surface area contributed by atoms with Gasteiger partial charge in [-0.05, 0) is 38.3 Å². The number of methoxy groups -OCH3 is 2. The maximum absolute atomic E-state index is 13.0. The molecule has 1 aromatic rings. The Morgan fingerprint density at radius 3 is 2.33 bits per heavy atom. The third kappa shape index (κ3) is 4.73. The normalized spacial score (nSPS) is 25.0. The topological polar surface area (TPSA) is 119 Å². The molecule has 2 saturated heterocycles. The van der Waals surface area contributed by atoms with Gasteiger partial charge in [0, 0.05) is 25.1 Å². The molecule has 11 heteroatoms. The molecule has 2 fully saturated rings. The lowest BCUT2D eigenvalue weighted by atomic mass is 9.94. The first-order valence-electron chi connectivity index (χ1n) is 9.74. The highest BCUT2D eigenvalue weighted by molar-refractivity contribution is 7.91. The van der Waals surface area contributed by atoms with Crippen LogP contribution in [0.1, 0.15) is 26.2 Å². The molecular formula is C19H28N2O7S2. The third-order valence-electron chi connectivity index (χ3n) is 5.75. The molecule has 0 bridgehead atoms. The van der Waals surface area contributed by atoms with Gasteiger partial charge in [0.15, 0.2) is 21.3 Å². The van der Waals surface area contributed by atoms with Crippen molar-refractivity contribution in [2.24, 2.45) is 5.92 Å². The molecule has 0 aromatic heterocycles. The van der Waals surface area contributed by atoms with Crippen LogP contribution in [0, 0.1) is 5.92 Å². The van der Waals surface area contributed by atoms with Crippen LogP contribution in [0.15, 0.2) is 23.1 Å². The Morgan fingerprint density at radius 1 is 1.17 bits per heavy atom. The van der Waals surface area contributed by atoms with Gasteiger partial charge in [-0.1, -0.05) is 0 Å². The second-order valence-electron chi connectivity index (χ2n) is 8.09. The predicted molar refractivity (Wildman–Crippen MR) is 111 cm³/mol. The molecule has 0 aliphatic carbocycles. The summed E-state index contributed by atoms with van der Waals surface area (Å²) in [7, 11) is -3.94. The zero-order valence-electron chi connectivity index (χ0n) is 17.4. The number of nitrogens with one attached hydrogen (secondary N) is 1. The summed E-state index contributed by atoms with van der Waals surface area (Å²) >= 11 is 0. The summed E-state index contributed by atoms with van der Waals surface area (Å²) in [6.07, 6.45) is 1.15. The van der Waals surface area contributed by atoms with E-state index in [0.717, 1.165) is 0 Å². The summed E-state index contributed by atoms with van der Waals surface area (Å²) in [5.74, 6) is 0.228. The molecule has 9 nitrogen and oxygen atoms in total. The van der Waals surface area contributed by atoms with E-state index < -0.39 is 25.4 Å². The van der Waals surface area contributed by atoms with E-state index in [9.17, 15) is 21.6 Å². The second-order valence-corrected chi connectivity index (χ2v) is 12.2. The van der Waals surface area contributed by atoms with Gasteiger partial charge in [0.1, 0.15) is 0 Å². The molecule has 1 amide bonds. The number of amides is 1. The SMILES string of the molecule is COc1ccc(S(=O)(=O)N2CCC(C(=O)N[C@@]3(C)CCS(=O)(=O)C3)CC2)cc1OC. The number of piperidine rings is 1. The van der Waals surface area contributed by atoms with E-state index in [-0.39, 0.29) is 41.3 Å². The number of rotatable bonds is 6. The summed E-state index contributed by atoms with van der Waals surface area (Å²) in [5, 5.41) is 2.88. The second kappa shape index (κ2) is 8.35. The van der Waals surface area contributed by atoms with Crippen molar-refractivity contribution in [1.82, 2.24) is 9.62 Å². The summed E-state index contributed by atoms with van der Waals surface area (Å²) in [5.41, 5.74) is -0.751. The fourth-order valence-electron chi connectivity index (χ4n) is 3.99. The van der Waals surface area contributed by atoms with Crippen molar-refractivity contribution in [2.45, 2.75) is 36.6 Å². The zero-order chi connectivity index (χ0) is 22.2. The molecule has 1 N–H and O–H groups in total. The van der Waals surface area contributed by atoms with Gasteiger partial charge < -0.3 is 14.8 Å². The van der Waals surface area contributed by atoms with Crippen molar-refractivity contribution in [3.63, 3.8) is 0 Å². The fourth-order valence-corrected chi connectivity index (χ4v) is 7.57. The lowest BCUT2D eigenvalue weighted by Gasteiger charge is -2.33. The number of ether oxygens (including phenoxy) is 2. The Hall–Kier alpha value is -1.85. The highest BCUT2D eigenvalue weighted by Gasteiger charge is 2.41. The van der Waals surface area contributed by atoms with Gasteiger partial charge in [-0.25, -0.2) is 16.8 Å². The molecular weight excluding hydrogens is 432 g/mol. The first kappa shape index (κ1) is 22.8. The zero-order valence-corrected chi connectivity index (χ0v) is 19.0. The van der Waals surface area contributed by atoms with Crippen molar-refractivity contribution in [3.8, 4) is 11.5 Å². The van der Waals surface area contributed by atoms with Crippen LogP contribution >= 0.6 is 0 Å². The van der Waals surface area contributed by atoms with Gasteiger partial charge >= 0.3 is 0 Å². The van der Waals surface area contributed by atoms with Gasteiger partial charge in [0.2, 0.25) is 15.9 Å². The van der Waals surface area contributed by atoms with Crippen LogP contribution in [0.4, 0.5) is 0 Å². The molecule has 2 heterocycles. The van der Waals surface area contributed by atoms with Gasteiger partial charge in [0.25, 0.3) is 0 Å². The Morgan fingerprint density at radius 2 is 1.80 bits per heavy atom. The van der Waals surface area contributed by atoms with Crippen molar-refractivity contribution in [2.75, 3.05) is 38.8 Å². The molecule has 3 rings (SSSR count). The Kier molecular flexibility index (Phi) is 6.35. The summed E-state index contributed by atoms with van der Waals surface area (Å²) in [4.78, 5) is 12.7. The average molecular weight is 461 g/mol. The van der Waals surface area contributed by atoms with Gasteiger partial charge in [-0.15, -0.1) is 0 Å². The molecule has 1 aromatic carbocycles. The third-order valence-corrected chi connectivity index (χ3v) is 9.54. The molecule has 0 unspecified atom stereocenters. The molecule has 2 aliphatic rings. The minimum absolute atomic E-state index is 0.0573. The molecule has 1 atom stereocenters. The van der Waals surface area contributed by atoms with E-state index in [1.165, 1.54) is 30.7 Å². The van der Waals surface area contributed by atoms with Gasteiger partial charge in [-0.2, -0.15) is 4.31 Å². The van der Waals surface area contributed by atoms with Crippen molar-refractivity contribution < 1.29 is 31.1 Å². The predicted octanol–water partition coefficient (Wildman–Crippen LogP) is 0.798. The number of hydrogen-bond donors (Lipinski definition) is 1. The molecule has 168 valence electrons. The van der Waals surface area contributed by atoms with Crippen LogP contribution in [0.3, 0.4) is 0 Å². The quantitative estimate of drug-likeness (QED) is 0.667. The molecule has 0 radical (unpaired) electrons. The van der Waals surface area contributed by atoms with E-state index in [1.807, 2.05) is 0 Å². The van der Waals surface area contributed by atoms with E-state index in [1.54, 1.807) is 13.0 Å². The monoisotopic (exact) mass is 460 g/mol. The standard InChI is InChI=1S/C19H28N2O7S2/c1-19(8-11-29(23,24)13-19)20-18(22)14-6-9-21(10-7-14)30(25,26)15-4-5-16(27-2)17(12-15)28-3/h4-5,12,14H,6-11,13H2,1-3H3,(H,20,22)/t19-/m0/s1. The van der Waals surface area contributed by atoms with Crippen molar-refractivity contribution in [1.29, 1.82) is 0 Å². The van der Waals surface area contributed by atoms with E-state index in [4.69, 9.17) is 9.47 Å². The number of carbonyl (C=O) groups excluding carboxylic acids is 1. The molecule has 0 saturated carbocycles. The number of carbonyl (C=O) groups is 1. The van der Waals surface area contributed by atoms with Crippen molar-refractivity contribution >= 4 is 25.8 Å². The lowest BCUT2D eigenvalue weighted by molar-refractivity contribution is -0.127. The van der Waals surface area contributed by atoms with Crippen LogP contribution < -0.4 is 14.8 Å². The maximum atomic E-state index is 13.0.